The molecule has 3 rings (SSSR count). The molecule has 0 spiro atoms. The van der Waals surface area contributed by atoms with Gasteiger partial charge in [0, 0.05) is 11.4 Å². The van der Waals surface area contributed by atoms with Crippen LogP contribution < -0.4 is 11.2 Å². The summed E-state index contributed by atoms with van der Waals surface area (Å²) in [5, 5.41) is 0.850. The Bertz CT molecular complexity index is 891. The number of hydrogen-bond donors (Lipinski definition) is 1. The summed E-state index contributed by atoms with van der Waals surface area (Å²) in [6.45, 7) is 0. The van der Waals surface area contributed by atoms with E-state index in [1.807, 2.05) is 30.3 Å². The lowest BCUT2D eigenvalue weighted by atomic mass is 10.1. The Morgan fingerprint density at radius 2 is 1.86 bits per heavy atom. The lowest BCUT2D eigenvalue weighted by Crippen LogP contribution is -2.12. The molecule has 1 heterocycles. The topological polar surface area (TPSA) is 56.2 Å². The van der Waals surface area contributed by atoms with Crippen molar-refractivity contribution in [3.8, 4) is 0 Å². The summed E-state index contributed by atoms with van der Waals surface area (Å²) >= 11 is 9.36. The summed E-state index contributed by atoms with van der Waals surface area (Å²) in [6, 6.07) is 13.3. The van der Waals surface area contributed by atoms with E-state index >= 15 is 0 Å². The van der Waals surface area contributed by atoms with Crippen LogP contribution in [0, 0.1) is 0 Å². The van der Waals surface area contributed by atoms with Crippen molar-refractivity contribution in [2.75, 3.05) is 5.73 Å². The highest BCUT2D eigenvalue weighted by atomic mass is 79.9. The van der Waals surface area contributed by atoms with Crippen molar-refractivity contribution in [3.63, 3.8) is 0 Å². The highest BCUT2D eigenvalue weighted by Gasteiger charge is 2.14. The van der Waals surface area contributed by atoms with Crippen LogP contribution in [-0.4, -0.2) is 0 Å². The first-order valence-corrected chi connectivity index (χ1v) is 7.97. The standard InChI is InChI=1S/C17H13BrClNO2/c18-13-9-11(19)8-12-16(21)15(20)14(22-17(12)13)7-6-10-4-2-1-3-5-10/h1-5,8-9H,6-7,20H2. The molecule has 0 unspecified atom stereocenters. The SMILES string of the molecule is Nc1c(CCc2ccccc2)oc2c(Br)cc(Cl)cc2c1=O. The van der Waals surface area contributed by atoms with Gasteiger partial charge in [-0.2, -0.15) is 0 Å². The molecule has 0 aliphatic rings. The van der Waals surface area contributed by atoms with Crippen LogP contribution in [0.25, 0.3) is 11.0 Å². The number of nitrogen functional groups attached to an aromatic ring is 1. The molecule has 112 valence electrons. The molecule has 0 aliphatic heterocycles. The Labute approximate surface area is 140 Å². The Hall–Kier alpha value is -1.78. The Morgan fingerprint density at radius 3 is 2.59 bits per heavy atom. The number of anilines is 1. The average Bonchev–Trinajstić information content (AvgIpc) is 2.51. The lowest BCUT2D eigenvalue weighted by molar-refractivity contribution is 0.536. The Morgan fingerprint density at radius 1 is 1.14 bits per heavy atom. The summed E-state index contributed by atoms with van der Waals surface area (Å²) in [4.78, 5) is 12.4. The summed E-state index contributed by atoms with van der Waals surface area (Å²) in [6.07, 6.45) is 1.32. The van der Waals surface area contributed by atoms with Crippen LogP contribution in [0.4, 0.5) is 5.69 Å². The number of fused-ring (bicyclic) bond motifs is 1. The molecule has 0 aliphatic carbocycles. The van der Waals surface area contributed by atoms with Crippen molar-refractivity contribution in [1.29, 1.82) is 0 Å². The van der Waals surface area contributed by atoms with Crippen LogP contribution in [0.3, 0.4) is 0 Å². The largest absolute Gasteiger partial charge is 0.457 e. The molecule has 3 aromatic rings. The number of nitrogens with two attached hydrogens (primary N) is 1. The van der Waals surface area contributed by atoms with Crippen molar-refractivity contribution in [2.24, 2.45) is 0 Å². The maximum atomic E-state index is 12.4. The first kappa shape index (κ1) is 15.1. The fourth-order valence-corrected chi connectivity index (χ4v) is 3.26. The van der Waals surface area contributed by atoms with Gasteiger partial charge in [-0.15, -0.1) is 0 Å². The first-order chi connectivity index (χ1) is 10.6. The first-order valence-electron chi connectivity index (χ1n) is 6.80. The van der Waals surface area contributed by atoms with Crippen molar-refractivity contribution >= 4 is 44.2 Å². The van der Waals surface area contributed by atoms with E-state index in [1.165, 1.54) is 5.56 Å². The molecule has 2 N–H and O–H groups in total. The van der Waals surface area contributed by atoms with Crippen LogP contribution in [-0.2, 0) is 12.8 Å². The van der Waals surface area contributed by atoms with Crippen molar-refractivity contribution in [2.45, 2.75) is 12.8 Å². The average molecular weight is 379 g/mol. The molecular weight excluding hydrogens is 366 g/mol. The normalized spacial score (nSPS) is 11.0. The van der Waals surface area contributed by atoms with Gasteiger partial charge >= 0.3 is 0 Å². The second kappa shape index (κ2) is 6.15. The minimum absolute atomic E-state index is 0.151. The number of halogens is 2. The molecule has 3 nitrogen and oxygen atoms in total. The van der Waals surface area contributed by atoms with E-state index in [-0.39, 0.29) is 11.1 Å². The number of hydrogen-bond acceptors (Lipinski definition) is 3. The van der Waals surface area contributed by atoms with E-state index in [1.54, 1.807) is 12.1 Å². The van der Waals surface area contributed by atoms with Gasteiger partial charge in [0.2, 0.25) is 5.43 Å². The third-order valence-corrected chi connectivity index (χ3v) is 4.31. The summed E-state index contributed by atoms with van der Waals surface area (Å²) in [7, 11) is 0. The van der Waals surface area contributed by atoms with Gasteiger partial charge in [-0.05, 0) is 40.0 Å². The molecule has 1 aromatic heterocycles. The van der Waals surface area contributed by atoms with Gasteiger partial charge in [0.25, 0.3) is 0 Å². The molecule has 0 saturated carbocycles. The predicted molar refractivity (Wildman–Crippen MR) is 93.5 cm³/mol. The van der Waals surface area contributed by atoms with Crippen molar-refractivity contribution in [1.82, 2.24) is 0 Å². The van der Waals surface area contributed by atoms with Gasteiger partial charge in [0.05, 0.1) is 9.86 Å². The summed E-state index contributed by atoms with van der Waals surface area (Å²) in [5.74, 6) is 0.504. The Kier molecular flexibility index (Phi) is 4.23. The van der Waals surface area contributed by atoms with Gasteiger partial charge in [-0.1, -0.05) is 41.9 Å². The second-order valence-electron chi connectivity index (χ2n) is 5.02. The van der Waals surface area contributed by atoms with Crippen molar-refractivity contribution in [3.05, 3.63) is 73.5 Å². The molecular formula is C17H13BrClNO2. The molecule has 5 heteroatoms. The maximum absolute atomic E-state index is 12.4. The zero-order valence-electron chi connectivity index (χ0n) is 11.6. The predicted octanol–water partition coefficient (Wildman–Crippen LogP) is 4.58. The molecule has 0 fully saturated rings. The third kappa shape index (κ3) is 2.89. The van der Waals surface area contributed by atoms with E-state index in [0.29, 0.717) is 32.6 Å². The number of rotatable bonds is 3. The number of benzene rings is 2. The molecule has 0 atom stereocenters. The zero-order chi connectivity index (χ0) is 15.7. The lowest BCUT2D eigenvalue weighted by Gasteiger charge is -2.08. The van der Waals surface area contributed by atoms with Gasteiger partial charge < -0.3 is 10.2 Å². The fourth-order valence-electron chi connectivity index (χ4n) is 2.37. The van der Waals surface area contributed by atoms with E-state index in [2.05, 4.69) is 15.9 Å². The summed E-state index contributed by atoms with van der Waals surface area (Å²) in [5.41, 5.74) is 7.50. The van der Waals surface area contributed by atoms with Crippen LogP contribution in [0.5, 0.6) is 0 Å². The van der Waals surface area contributed by atoms with E-state index in [4.69, 9.17) is 21.8 Å². The van der Waals surface area contributed by atoms with Crippen molar-refractivity contribution < 1.29 is 4.42 Å². The van der Waals surface area contributed by atoms with E-state index in [9.17, 15) is 4.79 Å². The second-order valence-corrected chi connectivity index (χ2v) is 6.31. The molecule has 0 radical (unpaired) electrons. The third-order valence-electron chi connectivity index (χ3n) is 3.51. The minimum atomic E-state index is -0.243. The van der Waals surface area contributed by atoms with Crippen LogP contribution in [0.1, 0.15) is 11.3 Å². The van der Waals surface area contributed by atoms with Crippen LogP contribution in [0.2, 0.25) is 5.02 Å². The van der Waals surface area contributed by atoms with Gasteiger partial charge in [-0.25, -0.2) is 0 Å². The summed E-state index contributed by atoms with van der Waals surface area (Å²) < 4.78 is 6.50. The van der Waals surface area contributed by atoms with E-state index in [0.717, 1.165) is 6.42 Å². The molecule has 0 amide bonds. The van der Waals surface area contributed by atoms with Gasteiger partial charge in [-0.3, -0.25) is 4.79 Å². The highest BCUT2D eigenvalue weighted by molar-refractivity contribution is 9.10. The minimum Gasteiger partial charge on any atom is -0.457 e. The van der Waals surface area contributed by atoms with E-state index < -0.39 is 0 Å². The van der Waals surface area contributed by atoms with Crippen LogP contribution in [0.15, 0.2) is 56.1 Å². The van der Waals surface area contributed by atoms with Gasteiger partial charge in [0.1, 0.15) is 11.4 Å². The molecule has 22 heavy (non-hydrogen) atoms. The monoisotopic (exact) mass is 377 g/mol. The smallest absolute Gasteiger partial charge is 0.215 e. The number of aryl methyl sites for hydroxylation is 2. The highest BCUT2D eigenvalue weighted by Crippen LogP contribution is 2.29. The maximum Gasteiger partial charge on any atom is 0.215 e. The molecule has 2 aromatic carbocycles. The fraction of sp³-hybridized carbons (Fsp3) is 0.118. The quantitative estimate of drug-likeness (QED) is 0.726. The van der Waals surface area contributed by atoms with Crippen LogP contribution >= 0.6 is 27.5 Å². The Balaban J connectivity index is 2.03. The zero-order valence-corrected chi connectivity index (χ0v) is 13.9. The molecule has 0 saturated heterocycles. The van der Waals surface area contributed by atoms with Gasteiger partial charge in [0.15, 0.2) is 5.58 Å². The molecule has 0 bridgehead atoms.